The molecule has 2 heterocycles. The van der Waals surface area contributed by atoms with Gasteiger partial charge >= 0.3 is 0 Å². The maximum atomic E-state index is 6.06. The van der Waals surface area contributed by atoms with E-state index in [-0.39, 0.29) is 6.10 Å². The molecule has 1 N–H and O–H groups in total. The number of aromatic nitrogens is 1. The molecule has 1 aromatic heterocycles. The molecular weight excluding hydrogens is 384 g/mol. The van der Waals surface area contributed by atoms with Crippen molar-refractivity contribution >= 4 is 5.82 Å². The molecule has 2 aromatic rings. The van der Waals surface area contributed by atoms with Gasteiger partial charge in [0.05, 0.1) is 6.10 Å². The van der Waals surface area contributed by atoms with Crippen LogP contribution in [-0.4, -0.2) is 24.2 Å². The van der Waals surface area contributed by atoms with Gasteiger partial charge in [0.25, 0.3) is 0 Å². The number of hydrogen-bond donors (Lipinski definition) is 1. The lowest BCUT2D eigenvalue weighted by Gasteiger charge is -2.23. The minimum absolute atomic E-state index is 0.252. The summed E-state index contributed by atoms with van der Waals surface area (Å²) in [5.74, 6) is 8.12. The van der Waals surface area contributed by atoms with Crippen LogP contribution >= 0.6 is 0 Å². The summed E-state index contributed by atoms with van der Waals surface area (Å²) in [7, 11) is 0. The average molecular weight is 421 g/mol. The van der Waals surface area contributed by atoms with E-state index in [4.69, 9.17) is 14.5 Å². The number of anilines is 1. The number of pyridine rings is 1. The van der Waals surface area contributed by atoms with Gasteiger partial charge in [-0.1, -0.05) is 68.9 Å². The third kappa shape index (κ3) is 9.02. The molecule has 1 atom stereocenters. The molecular formula is C27H36N2O2. The Morgan fingerprint density at radius 2 is 1.97 bits per heavy atom. The lowest BCUT2D eigenvalue weighted by Crippen LogP contribution is -2.27. The molecule has 0 spiro atoms. The zero-order valence-corrected chi connectivity index (χ0v) is 18.9. The van der Waals surface area contributed by atoms with Gasteiger partial charge < -0.3 is 14.8 Å². The van der Waals surface area contributed by atoms with Crippen molar-refractivity contribution in [2.75, 3.05) is 18.5 Å². The van der Waals surface area contributed by atoms with Gasteiger partial charge in [0, 0.05) is 31.7 Å². The summed E-state index contributed by atoms with van der Waals surface area (Å²) >= 11 is 0. The number of hydrogen-bond acceptors (Lipinski definition) is 4. The first-order valence-electron chi connectivity index (χ1n) is 11.9. The van der Waals surface area contributed by atoms with Gasteiger partial charge in [0.1, 0.15) is 23.9 Å². The Morgan fingerprint density at radius 1 is 1.10 bits per heavy atom. The summed E-state index contributed by atoms with van der Waals surface area (Å²) in [6.45, 7) is 4.39. The molecule has 0 bridgehead atoms. The number of nitrogens with one attached hydrogen (secondary N) is 1. The van der Waals surface area contributed by atoms with E-state index in [9.17, 15) is 0 Å². The highest BCUT2D eigenvalue weighted by Crippen LogP contribution is 2.20. The van der Waals surface area contributed by atoms with Gasteiger partial charge in [-0.15, -0.1) is 0 Å². The van der Waals surface area contributed by atoms with E-state index in [0.29, 0.717) is 6.61 Å². The molecule has 1 aliphatic heterocycles. The Labute approximate surface area is 187 Å². The van der Waals surface area contributed by atoms with Gasteiger partial charge in [0.15, 0.2) is 0 Å². The van der Waals surface area contributed by atoms with Gasteiger partial charge in [-0.25, -0.2) is 4.98 Å². The number of rotatable bonds is 11. The molecule has 0 saturated carbocycles. The van der Waals surface area contributed by atoms with Crippen LogP contribution in [-0.2, 0) is 11.3 Å². The maximum absolute atomic E-state index is 6.06. The first-order chi connectivity index (χ1) is 15.3. The van der Waals surface area contributed by atoms with E-state index in [2.05, 4.69) is 36.2 Å². The van der Waals surface area contributed by atoms with Crippen LogP contribution in [0.15, 0.2) is 42.5 Å². The largest absolute Gasteiger partial charge is 0.489 e. The molecule has 4 heteroatoms. The van der Waals surface area contributed by atoms with Crippen LogP contribution < -0.4 is 10.1 Å². The van der Waals surface area contributed by atoms with Crippen LogP contribution in [0.4, 0.5) is 5.82 Å². The summed E-state index contributed by atoms with van der Waals surface area (Å²) in [6.07, 6.45) is 11.0. The lowest BCUT2D eigenvalue weighted by atomic mass is 10.1. The monoisotopic (exact) mass is 420 g/mol. The summed E-state index contributed by atoms with van der Waals surface area (Å²) in [5.41, 5.74) is 1.90. The van der Waals surface area contributed by atoms with Gasteiger partial charge in [-0.2, -0.15) is 0 Å². The van der Waals surface area contributed by atoms with Crippen LogP contribution in [0.5, 0.6) is 5.75 Å². The van der Waals surface area contributed by atoms with Gasteiger partial charge in [-0.3, -0.25) is 0 Å². The Morgan fingerprint density at radius 3 is 2.77 bits per heavy atom. The number of benzene rings is 1. The summed E-state index contributed by atoms with van der Waals surface area (Å²) < 4.78 is 11.9. The molecule has 1 aliphatic rings. The highest BCUT2D eigenvalue weighted by atomic mass is 16.5. The zero-order valence-electron chi connectivity index (χ0n) is 18.9. The standard InChI is InChI=1S/C27H36N2O2/c1-2-3-4-5-6-7-11-16-24-19-26(31-22-23-14-9-8-10-15-23)20-27(29-24)28-21-25-17-12-13-18-30-25/h8-10,14-15,19-20,25H,2-7,12-13,17-18,21-22H2,1H3,(H,28,29). The summed E-state index contributed by atoms with van der Waals surface area (Å²) in [4.78, 5) is 4.70. The first-order valence-corrected chi connectivity index (χ1v) is 11.9. The SMILES string of the molecule is CCCCCCCC#Cc1cc(OCc2ccccc2)cc(NCC2CCCCO2)n1. The minimum atomic E-state index is 0.252. The van der Waals surface area contributed by atoms with Crippen molar-refractivity contribution in [1.29, 1.82) is 0 Å². The first kappa shape index (κ1) is 23.2. The molecule has 1 aromatic carbocycles. The van der Waals surface area contributed by atoms with Crippen LogP contribution in [0.2, 0.25) is 0 Å². The molecule has 0 amide bonds. The van der Waals surface area contributed by atoms with E-state index in [0.717, 1.165) is 61.7 Å². The number of nitrogens with zero attached hydrogens (tertiary/aromatic N) is 1. The third-order valence-electron chi connectivity index (χ3n) is 5.45. The number of ether oxygens (including phenoxy) is 2. The zero-order chi connectivity index (χ0) is 21.6. The van der Waals surface area contributed by atoms with Gasteiger partial charge in [-0.05, 0) is 37.2 Å². The number of unbranched alkanes of at least 4 members (excludes halogenated alkanes) is 5. The quantitative estimate of drug-likeness (QED) is 0.340. The predicted octanol–water partition coefficient (Wildman–Crippen LogP) is 6.35. The fourth-order valence-electron chi connectivity index (χ4n) is 3.64. The lowest BCUT2D eigenvalue weighted by molar-refractivity contribution is 0.0247. The highest BCUT2D eigenvalue weighted by molar-refractivity contribution is 5.47. The third-order valence-corrected chi connectivity index (χ3v) is 5.45. The van der Waals surface area contributed by atoms with Crippen molar-refractivity contribution in [2.24, 2.45) is 0 Å². The molecule has 166 valence electrons. The van der Waals surface area contributed by atoms with Crippen molar-refractivity contribution < 1.29 is 9.47 Å². The summed E-state index contributed by atoms with van der Waals surface area (Å²) in [5, 5.41) is 3.43. The van der Waals surface area contributed by atoms with E-state index in [1.165, 1.54) is 32.1 Å². The Balaban J connectivity index is 1.61. The van der Waals surface area contributed by atoms with Gasteiger partial charge in [0.2, 0.25) is 0 Å². The van der Waals surface area contributed by atoms with E-state index < -0.39 is 0 Å². The summed E-state index contributed by atoms with van der Waals surface area (Å²) in [6, 6.07) is 14.1. The van der Waals surface area contributed by atoms with Crippen molar-refractivity contribution in [3.05, 3.63) is 53.7 Å². The second-order valence-corrected chi connectivity index (χ2v) is 8.18. The smallest absolute Gasteiger partial charge is 0.131 e. The van der Waals surface area contributed by atoms with Crippen LogP contribution in [0.3, 0.4) is 0 Å². The molecule has 1 saturated heterocycles. The Bertz CT molecular complexity index is 820. The molecule has 1 unspecified atom stereocenters. The van der Waals surface area contributed by atoms with Crippen molar-refractivity contribution in [2.45, 2.75) is 77.4 Å². The molecule has 0 radical (unpaired) electrons. The Kier molecular flexibility index (Phi) is 10.3. The minimum Gasteiger partial charge on any atom is -0.489 e. The second kappa shape index (κ2) is 13.7. The average Bonchev–Trinajstić information content (AvgIpc) is 2.82. The topological polar surface area (TPSA) is 43.4 Å². The van der Waals surface area contributed by atoms with Crippen molar-refractivity contribution in [3.8, 4) is 17.6 Å². The fraction of sp³-hybridized carbons (Fsp3) is 0.519. The molecule has 4 nitrogen and oxygen atoms in total. The van der Waals surface area contributed by atoms with E-state index in [1.807, 2.05) is 30.3 Å². The van der Waals surface area contributed by atoms with Crippen LogP contribution in [0.25, 0.3) is 0 Å². The predicted molar refractivity (Wildman–Crippen MR) is 127 cm³/mol. The van der Waals surface area contributed by atoms with E-state index in [1.54, 1.807) is 0 Å². The normalized spacial score (nSPS) is 15.7. The fourth-order valence-corrected chi connectivity index (χ4v) is 3.64. The van der Waals surface area contributed by atoms with Crippen molar-refractivity contribution in [3.63, 3.8) is 0 Å². The highest BCUT2D eigenvalue weighted by Gasteiger charge is 2.14. The Hall–Kier alpha value is -2.51. The van der Waals surface area contributed by atoms with Crippen molar-refractivity contribution in [1.82, 2.24) is 4.98 Å². The maximum Gasteiger partial charge on any atom is 0.131 e. The molecule has 3 rings (SSSR count). The second-order valence-electron chi connectivity index (χ2n) is 8.18. The van der Waals surface area contributed by atoms with Crippen LogP contribution in [0, 0.1) is 11.8 Å². The van der Waals surface area contributed by atoms with E-state index >= 15 is 0 Å². The molecule has 31 heavy (non-hydrogen) atoms. The molecule has 1 fully saturated rings. The van der Waals surface area contributed by atoms with Crippen LogP contribution in [0.1, 0.15) is 76.0 Å². The molecule has 0 aliphatic carbocycles.